The van der Waals surface area contributed by atoms with Gasteiger partial charge in [0.05, 0.1) is 12.2 Å². The number of carbonyl (C=O) groups is 1. The summed E-state index contributed by atoms with van der Waals surface area (Å²) in [6, 6.07) is 28.6. The molecule has 1 unspecified atom stereocenters. The number of ether oxygens (including phenoxy) is 2. The van der Waals surface area contributed by atoms with Gasteiger partial charge in [0.1, 0.15) is 11.4 Å². The molecule has 0 bridgehead atoms. The van der Waals surface area contributed by atoms with Crippen LogP contribution in [0.2, 0.25) is 0 Å². The molecule has 5 aromatic rings. The van der Waals surface area contributed by atoms with Crippen LogP contribution < -0.4 is 9.64 Å². The lowest BCUT2D eigenvalue weighted by Gasteiger charge is -2.32. The highest BCUT2D eigenvalue weighted by molar-refractivity contribution is 5.98. The maximum absolute atomic E-state index is 13.6. The van der Waals surface area contributed by atoms with E-state index in [9.17, 15) is 4.79 Å². The van der Waals surface area contributed by atoms with Crippen molar-refractivity contribution in [1.29, 1.82) is 0 Å². The van der Waals surface area contributed by atoms with Crippen LogP contribution in [0.1, 0.15) is 59.2 Å². The van der Waals surface area contributed by atoms with Crippen LogP contribution in [0.4, 0.5) is 5.69 Å². The highest BCUT2D eigenvalue weighted by atomic mass is 16.6. The molecule has 1 atom stereocenters. The Labute approximate surface area is 241 Å². The molecule has 6 heteroatoms. The van der Waals surface area contributed by atoms with Crippen LogP contribution in [0.25, 0.3) is 10.9 Å². The summed E-state index contributed by atoms with van der Waals surface area (Å²) >= 11 is 0. The van der Waals surface area contributed by atoms with Crippen molar-refractivity contribution in [2.24, 2.45) is 0 Å². The monoisotopic (exact) mass is 545 g/mol. The zero-order valence-electron chi connectivity index (χ0n) is 24.1. The molecule has 6 nitrogen and oxygen atoms in total. The lowest BCUT2D eigenvalue weighted by atomic mass is 9.80. The third kappa shape index (κ3) is 4.26. The van der Waals surface area contributed by atoms with Crippen LogP contribution in [-0.4, -0.2) is 35.2 Å². The quantitative estimate of drug-likeness (QED) is 0.185. The molecule has 3 aromatic carbocycles. The zero-order valence-corrected chi connectivity index (χ0v) is 24.1. The minimum absolute atomic E-state index is 0.386. The number of aromatic nitrogens is 2. The van der Waals surface area contributed by atoms with Crippen LogP contribution in [0, 0.1) is 6.92 Å². The fourth-order valence-electron chi connectivity index (χ4n) is 6.29. The number of benzene rings is 3. The molecule has 0 amide bonds. The first kappa shape index (κ1) is 26.6. The van der Waals surface area contributed by atoms with E-state index in [1.165, 1.54) is 5.56 Å². The van der Waals surface area contributed by atoms with Crippen LogP contribution in [-0.2, 0) is 16.9 Å². The van der Waals surface area contributed by atoms with Gasteiger partial charge in [0, 0.05) is 65.3 Å². The Morgan fingerprint density at radius 1 is 0.927 bits per heavy atom. The maximum Gasteiger partial charge on any atom is 0.341 e. The Balaban J connectivity index is 1.68. The van der Waals surface area contributed by atoms with Gasteiger partial charge in [-0.05, 0) is 63.6 Å². The number of pyridine rings is 1. The summed E-state index contributed by atoms with van der Waals surface area (Å²) < 4.78 is 15.2. The SMILES string of the molecule is CCOc1cc(N(CC)CC)ccc1C1(c2c(C)n(Cc3ccccc3)c3ccccc23)OC(=O)c2cccnc21. The third-order valence-corrected chi connectivity index (χ3v) is 8.15. The van der Waals surface area contributed by atoms with Crippen molar-refractivity contribution < 1.29 is 14.3 Å². The number of nitrogens with zero attached hydrogens (tertiary/aromatic N) is 3. The van der Waals surface area contributed by atoms with E-state index < -0.39 is 5.60 Å². The molecular weight excluding hydrogens is 510 g/mol. The minimum atomic E-state index is -1.29. The Morgan fingerprint density at radius 2 is 1.68 bits per heavy atom. The number of rotatable bonds is 9. The highest BCUT2D eigenvalue weighted by Gasteiger charge is 2.54. The van der Waals surface area contributed by atoms with Gasteiger partial charge in [-0.25, -0.2) is 4.79 Å². The Hall–Kier alpha value is -4.58. The number of hydrogen-bond acceptors (Lipinski definition) is 5. The average Bonchev–Trinajstić information content (AvgIpc) is 3.45. The van der Waals surface area contributed by atoms with E-state index in [0.717, 1.165) is 46.5 Å². The highest BCUT2D eigenvalue weighted by Crippen LogP contribution is 2.53. The molecule has 6 rings (SSSR count). The lowest BCUT2D eigenvalue weighted by Crippen LogP contribution is -2.32. The van der Waals surface area contributed by atoms with Gasteiger partial charge in [0.15, 0.2) is 0 Å². The van der Waals surface area contributed by atoms with E-state index in [-0.39, 0.29) is 5.97 Å². The molecule has 0 radical (unpaired) electrons. The van der Waals surface area contributed by atoms with Gasteiger partial charge in [-0.1, -0.05) is 48.5 Å². The van der Waals surface area contributed by atoms with Crippen molar-refractivity contribution >= 4 is 22.6 Å². The fourth-order valence-corrected chi connectivity index (χ4v) is 6.29. The summed E-state index contributed by atoms with van der Waals surface area (Å²) in [5.74, 6) is 0.296. The molecule has 1 aliphatic rings. The smallest absolute Gasteiger partial charge is 0.341 e. The lowest BCUT2D eigenvalue weighted by molar-refractivity contribution is 0.0238. The minimum Gasteiger partial charge on any atom is -0.493 e. The number of cyclic esters (lactones) is 1. The second-order valence-corrected chi connectivity index (χ2v) is 10.3. The van der Waals surface area contributed by atoms with Gasteiger partial charge >= 0.3 is 5.97 Å². The molecule has 0 aliphatic carbocycles. The standard InChI is InChI=1S/C35H35N3O3/c1-5-37(6-2)26-19-20-29(31(22-26)40-7-3)35(33-28(34(39)41-35)17-13-21-36-33)32-24(4)38(23-25-14-9-8-10-15-25)30-18-12-11-16-27(30)32/h8-22H,5-7,23H2,1-4H3. The predicted molar refractivity (Wildman–Crippen MR) is 163 cm³/mol. The third-order valence-electron chi connectivity index (χ3n) is 8.15. The van der Waals surface area contributed by atoms with E-state index >= 15 is 0 Å². The first-order valence-corrected chi connectivity index (χ1v) is 14.4. The molecular formula is C35H35N3O3. The summed E-state index contributed by atoms with van der Waals surface area (Å²) in [4.78, 5) is 20.7. The molecule has 2 aromatic heterocycles. The van der Waals surface area contributed by atoms with Crippen LogP contribution >= 0.6 is 0 Å². The van der Waals surface area contributed by atoms with E-state index in [1.807, 2.05) is 19.1 Å². The van der Waals surface area contributed by atoms with E-state index in [4.69, 9.17) is 14.5 Å². The topological polar surface area (TPSA) is 56.6 Å². The molecule has 0 spiro atoms. The van der Waals surface area contributed by atoms with Crippen LogP contribution in [0.5, 0.6) is 5.75 Å². The molecule has 41 heavy (non-hydrogen) atoms. The number of fused-ring (bicyclic) bond motifs is 2. The number of hydrogen-bond donors (Lipinski definition) is 0. The van der Waals surface area contributed by atoms with E-state index in [2.05, 4.69) is 90.9 Å². The van der Waals surface area contributed by atoms with Crippen molar-refractivity contribution in [2.45, 2.75) is 39.8 Å². The van der Waals surface area contributed by atoms with Crippen LogP contribution in [0.3, 0.4) is 0 Å². The molecule has 1 aliphatic heterocycles. The Kier molecular flexibility index (Phi) is 7.00. The summed E-state index contributed by atoms with van der Waals surface area (Å²) in [6.45, 7) is 11.3. The van der Waals surface area contributed by atoms with Crippen molar-refractivity contribution in [3.05, 3.63) is 125 Å². The summed E-state index contributed by atoms with van der Waals surface area (Å²) in [6.07, 6.45) is 1.73. The Morgan fingerprint density at radius 3 is 2.44 bits per heavy atom. The zero-order chi connectivity index (χ0) is 28.6. The fraction of sp³-hybridized carbons (Fsp3) is 0.257. The second-order valence-electron chi connectivity index (χ2n) is 10.3. The van der Waals surface area contributed by atoms with Gasteiger partial charge in [-0.3, -0.25) is 4.98 Å². The maximum atomic E-state index is 13.6. The van der Waals surface area contributed by atoms with Crippen molar-refractivity contribution in [1.82, 2.24) is 9.55 Å². The number of para-hydroxylation sites is 1. The summed E-state index contributed by atoms with van der Waals surface area (Å²) in [5.41, 5.74) is 5.79. The van der Waals surface area contributed by atoms with Crippen molar-refractivity contribution in [3.8, 4) is 5.75 Å². The van der Waals surface area contributed by atoms with Gasteiger partial charge in [0.2, 0.25) is 5.60 Å². The normalized spacial score (nSPS) is 16.0. The largest absolute Gasteiger partial charge is 0.493 e. The number of esters is 1. The second kappa shape index (κ2) is 10.8. The summed E-state index contributed by atoms with van der Waals surface area (Å²) in [5, 5.41) is 1.02. The molecule has 0 N–H and O–H groups in total. The molecule has 0 saturated carbocycles. The van der Waals surface area contributed by atoms with Gasteiger partial charge in [-0.15, -0.1) is 0 Å². The van der Waals surface area contributed by atoms with Crippen molar-refractivity contribution in [2.75, 3.05) is 24.6 Å². The molecule has 3 heterocycles. The first-order chi connectivity index (χ1) is 20.0. The van der Waals surface area contributed by atoms with Gasteiger partial charge in [0.25, 0.3) is 0 Å². The van der Waals surface area contributed by atoms with Gasteiger partial charge < -0.3 is 18.9 Å². The van der Waals surface area contributed by atoms with Crippen LogP contribution in [0.15, 0.2) is 91.1 Å². The number of carbonyl (C=O) groups excluding carboxylic acids is 1. The van der Waals surface area contributed by atoms with Gasteiger partial charge in [-0.2, -0.15) is 0 Å². The number of anilines is 1. The predicted octanol–water partition coefficient (Wildman–Crippen LogP) is 7.10. The first-order valence-electron chi connectivity index (χ1n) is 14.4. The molecule has 0 fully saturated rings. The molecule has 208 valence electrons. The van der Waals surface area contributed by atoms with Crippen molar-refractivity contribution in [3.63, 3.8) is 0 Å². The average molecular weight is 546 g/mol. The molecule has 0 saturated heterocycles. The summed E-state index contributed by atoms with van der Waals surface area (Å²) in [7, 11) is 0. The Bertz CT molecular complexity index is 1720. The van der Waals surface area contributed by atoms with E-state index in [0.29, 0.717) is 30.2 Å². The van der Waals surface area contributed by atoms with E-state index in [1.54, 1.807) is 18.3 Å².